The van der Waals surface area contributed by atoms with Crippen molar-refractivity contribution < 1.29 is 0 Å². The topological polar surface area (TPSA) is 48.5 Å². The molecule has 0 radical (unpaired) electrons. The molecule has 8 aromatic carbocycles. The summed E-state index contributed by atoms with van der Waals surface area (Å²) in [6.45, 7) is 2.15. The molecule has 0 fully saturated rings. The summed E-state index contributed by atoms with van der Waals surface area (Å²) in [4.78, 5) is 15.6. The van der Waals surface area contributed by atoms with E-state index in [2.05, 4.69) is 174 Å². The Morgan fingerprint density at radius 3 is 1.46 bits per heavy atom. The third kappa shape index (κ3) is 5.51. The average molecular weight is 730 g/mol. The summed E-state index contributed by atoms with van der Waals surface area (Å²) in [5, 5.41) is 4.85. The SMILES string of the molecule is Cc1ccc2c3ccccc3n(-c3ccc(-c4ccc5c6ccccc6n(-c6ccccc6)c5c4)cc3-c3nc(-c4ccccc4)nc(-c4ccccc4)n3)c2c1. The number of hydrogen-bond donors (Lipinski definition) is 0. The van der Waals surface area contributed by atoms with Gasteiger partial charge in [-0.3, -0.25) is 0 Å². The Morgan fingerprint density at radius 2 is 0.807 bits per heavy atom. The van der Waals surface area contributed by atoms with Crippen molar-refractivity contribution in [2.75, 3.05) is 0 Å². The van der Waals surface area contributed by atoms with Crippen LogP contribution in [0, 0.1) is 6.92 Å². The summed E-state index contributed by atoms with van der Waals surface area (Å²) in [6.07, 6.45) is 0. The third-order valence-electron chi connectivity index (χ3n) is 11.0. The second-order valence-corrected chi connectivity index (χ2v) is 14.6. The number of para-hydroxylation sites is 3. The van der Waals surface area contributed by atoms with Crippen molar-refractivity contribution in [1.29, 1.82) is 0 Å². The first-order valence-corrected chi connectivity index (χ1v) is 19.3. The maximum Gasteiger partial charge on any atom is 0.166 e. The van der Waals surface area contributed by atoms with Crippen LogP contribution in [0.3, 0.4) is 0 Å². The quantitative estimate of drug-likeness (QED) is 0.171. The van der Waals surface area contributed by atoms with Gasteiger partial charge in [0.1, 0.15) is 0 Å². The molecule has 0 aliphatic carbocycles. The summed E-state index contributed by atoms with van der Waals surface area (Å²) in [7, 11) is 0. The van der Waals surface area contributed by atoms with Gasteiger partial charge in [-0.15, -0.1) is 0 Å². The molecule has 0 aliphatic rings. The van der Waals surface area contributed by atoms with Gasteiger partial charge in [0.15, 0.2) is 17.5 Å². The molecular weight excluding hydrogens is 695 g/mol. The van der Waals surface area contributed by atoms with Crippen LogP contribution >= 0.6 is 0 Å². The molecule has 0 bridgehead atoms. The van der Waals surface area contributed by atoms with Gasteiger partial charge in [-0.1, -0.05) is 146 Å². The van der Waals surface area contributed by atoms with Crippen LogP contribution in [0.5, 0.6) is 0 Å². The average Bonchev–Trinajstić information content (AvgIpc) is 3.79. The highest BCUT2D eigenvalue weighted by Crippen LogP contribution is 2.40. The first-order valence-electron chi connectivity index (χ1n) is 19.3. The van der Waals surface area contributed by atoms with Crippen LogP contribution in [-0.2, 0) is 0 Å². The molecule has 0 saturated carbocycles. The van der Waals surface area contributed by atoms with Crippen molar-refractivity contribution in [1.82, 2.24) is 24.1 Å². The van der Waals surface area contributed by atoms with E-state index in [1.54, 1.807) is 0 Å². The van der Waals surface area contributed by atoms with Crippen molar-refractivity contribution in [2.24, 2.45) is 0 Å². The van der Waals surface area contributed by atoms with Gasteiger partial charge < -0.3 is 9.13 Å². The highest BCUT2D eigenvalue weighted by atomic mass is 15.1. The third-order valence-corrected chi connectivity index (χ3v) is 11.0. The predicted octanol–water partition coefficient (Wildman–Crippen LogP) is 13.0. The molecule has 3 heterocycles. The fourth-order valence-corrected chi connectivity index (χ4v) is 8.36. The summed E-state index contributed by atoms with van der Waals surface area (Å²) in [6, 6.07) is 68.6. The van der Waals surface area contributed by atoms with E-state index in [1.165, 1.54) is 32.6 Å². The van der Waals surface area contributed by atoms with Gasteiger partial charge in [-0.25, -0.2) is 15.0 Å². The highest BCUT2D eigenvalue weighted by Gasteiger charge is 2.21. The molecule has 0 unspecified atom stereocenters. The lowest BCUT2D eigenvalue weighted by molar-refractivity contribution is 1.06. The fourth-order valence-electron chi connectivity index (χ4n) is 8.36. The molecule has 3 aromatic heterocycles. The summed E-state index contributed by atoms with van der Waals surface area (Å²) in [5.41, 5.74) is 12.9. The number of benzene rings is 8. The van der Waals surface area contributed by atoms with Crippen molar-refractivity contribution in [3.8, 4) is 56.7 Å². The predicted molar refractivity (Wildman–Crippen MR) is 235 cm³/mol. The van der Waals surface area contributed by atoms with Crippen molar-refractivity contribution >= 4 is 43.6 Å². The molecule has 0 aliphatic heterocycles. The Kier molecular flexibility index (Phi) is 7.64. The fraction of sp³-hybridized carbons (Fsp3) is 0.0192. The lowest BCUT2D eigenvalue weighted by atomic mass is 9.99. The van der Waals surface area contributed by atoms with Crippen LogP contribution in [0.2, 0.25) is 0 Å². The van der Waals surface area contributed by atoms with E-state index in [4.69, 9.17) is 15.0 Å². The molecule has 11 rings (SSSR count). The zero-order valence-electron chi connectivity index (χ0n) is 31.2. The molecule has 0 saturated heterocycles. The first-order chi connectivity index (χ1) is 28.2. The van der Waals surface area contributed by atoms with Crippen LogP contribution in [-0.4, -0.2) is 24.1 Å². The van der Waals surface area contributed by atoms with Gasteiger partial charge in [-0.05, 0) is 72.1 Å². The number of rotatable bonds is 6. The van der Waals surface area contributed by atoms with E-state index in [-0.39, 0.29) is 0 Å². The molecule has 0 atom stereocenters. The number of aryl methyl sites for hydroxylation is 1. The number of nitrogens with zero attached hydrogens (tertiary/aromatic N) is 5. The minimum absolute atomic E-state index is 0.609. The minimum atomic E-state index is 0.609. The summed E-state index contributed by atoms with van der Waals surface area (Å²) < 4.78 is 4.75. The minimum Gasteiger partial charge on any atom is -0.309 e. The molecule has 268 valence electrons. The second-order valence-electron chi connectivity index (χ2n) is 14.6. The lowest BCUT2D eigenvalue weighted by Gasteiger charge is -2.17. The number of aromatic nitrogens is 5. The molecule has 5 heteroatoms. The molecule has 0 amide bonds. The lowest BCUT2D eigenvalue weighted by Crippen LogP contribution is -2.04. The Labute approximate surface area is 329 Å². The van der Waals surface area contributed by atoms with Crippen LogP contribution < -0.4 is 0 Å². The molecular formula is C52H35N5. The van der Waals surface area contributed by atoms with Crippen molar-refractivity contribution in [3.05, 3.63) is 200 Å². The van der Waals surface area contributed by atoms with Crippen molar-refractivity contribution in [3.63, 3.8) is 0 Å². The number of fused-ring (bicyclic) bond motifs is 6. The molecule has 0 N–H and O–H groups in total. The Balaban J connectivity index is 1.21. The first kappa shape index (κ1) is 32.8. The smallest absolute Gasteiger partial charge is 0.166 e. The maximum absolute atomic E-state index is 5.28. The van der Waals surface area contributed by atoms with Crippen molar-refractivity contribution in [2.45, 2.75) is 6.92 Å². The van der Waals surface area contributed by atoms with E-state index >= 15 is 0 Å². The van der Waals surface area contributed by atoms with Gasteiger partial charge in [0.2, 0.25) is 0 Å². The van der Waals surface area contributed by atoms with E-state index in [0.717, 1.165) is 55.7 Å². The number of hydrogen-bond acceptors (Lipinski definition) is 3. The standard InChI is InChI=1S/C52H35N5/c1-34-25-28-42-41-22-12-14-24-46(41)57(48(42)31-34)47-30-27-37(38-26-29-43-40-21-11-13-23-45(40)56(49(43)33-38)39-19-9-4-10-20-39)32-44(47)52-54-50(35-15-5-2-6-16-35)53-51(55-52)36-17-7-3-8-18-36/h2-33H,1H3. The molecule has 57 heavy (non-hydrogen) atoms. The van der Waals surface area contributed by atoms with Gasteiger partial charge in [0, 0.05) is 43.9 Å². The Hall–Kier alpha value is -7.63. The van der Waals surface area contributed by atoms with Gasteiger partial charge in [0.25, 0.3) is 0 Å². The zero-order chi connectivity index (χ0) is 37.9. The van der Waals surface area contributed by atoms with Crippen LogP contribution in [0.15, 0.2) is 194 Å². The Bertz CT molecular complexity index is 3230. The molecule has 0 spiro atoms. The second kappa shape index (κ2) is 13.3. The van der Waals surface area contributed by atoms with E-state index < -0.39 is 0 Å². The van der Waals surface area contributed by atoms with Gasteiger partial charge in [0.05, 0.1) is 27.8 Å². The van der Waals surface area contributed by atoms with Gasteiger partial charge in [-0.2, -0.15) is 0 Å². The zero-order valence-corrected chi connectivity index (χ0v) is 31.2. The van der Waals surface area contributed by atoms with Crippen LogP contribution in [0.4, 0.5) is 0 Å². The van der Waals surface area contributed by atoms with Gasteiger partial charge >= 0.3 is 0 Å². The monoisotopic (exact) mass is 729 g/mol. The maximum atomic E-state index is 5.28. The van der Waals surface area contributed by atoms with E-state index in [1.807, 2.05) is 36.4 Å². The largest absolute Gasteiger partial charge is 0.309 e. The van der Waals surface area contributed by atoms with E-state index in [0.29, 0.717) is 17.5 Å². The Morgan fingerprint density at radius 1 is 0.333 bits per heavy atom. The van der Waals surface area contributed by atoms with E-state index in [9.17, 15) is 0 Å². The normalized spacial score (nSPS) is 11.6. The van der Waals surface area contributed by atoms with Crippen LogP contribution in [0.25, 0.3) is 100 Å². The van der Waals surface area contributed by atoms with Crippen LogP contribution in [0.1, 0.15) is 5.56 Å². The summed E-state index contributed by atoms with van der Waals surface area (Å²) >= 11 is 0. The highest BCUT2D eigenvalue weighted by molar-refractivity contribution is 6.11. The molecule has 5 nitrogen and oxygen atoms in total. The summed E-state index contributed by atoms with van der Waals surface area (Å²) in [5.74, 6) is 1.86. The molecule has 11 aromatic rings.